The van der Waals surface area contributed by atoms with E-state index < -0.39 is 0 Å². The monoisotopic (exact) mass is 322 g/mol. The fraction of sp³-hybridized carbons (Fsp3) is 0.429. The van der Waals surface area contributed by atoms with Crippen molar-refractivity contribution in [2.75, 3.05) is 0 Å². The highest BCUT2D eigenvalue weighted by molar-refractivity contribution is 9.10. The Kier molecular flexibility index (Phi) is 4.37. The van der Waals surface area contributed by atoms with Gasteiger partial charge in [-0.1, -0.05) is 6.92 Å². The molecule has 0 bridgehead atoms. The molecule has 0 aliphatic rings. The standard InChI is InChI=1S/C14H19BrN4/c1-4-10-8-17-6-5-11(10)12(16)7-13-14(15)9(2)18-19(13)3/h5-6,8,12H,4,7,16H2,1-3H3. The average molecular weight is 323 g/mol. The van der Waals surface area contributed by atoms with Crippen LogP contribution in [0.2, 0.25) is 0 Å². The molecule has 0 amide bonds. The normalized spacial score (nSPS) is 12.7. The maximum Gasteiger partial charge on any atom is 0.0738 e. The smallest absolute Gasteiger partial charge is 0.0738 e. The van der Waals surface area contributed by atoms with E-state index in [4.69, 9.17) is 5.73 Å². The minimum Gasteiger partial charge on any atom is -0.324 e. The predicted octanol–water partition coefficient (Wildman–Crippen LogP) is 2.69. The Labute approximate surface area is 122 Å². The minimum absolute atomic E-state index is 0.0379. The number of aryl methyl sites for hydroxylation is 3. The number of nitrogens with two attached hydrogens (primary N) is 1. The highest BCUT2D eigenvalue weighted by atomic mass is 79.9. The second kappa shape index (κ2) is 5.84. The van der Waals surface area contributed by atoms with Gasteiger partial charge in [-0.05, 0) is 46.5 Å². The maximum atomic E-state index is 6.36. The van der Waals surface area contributed by atoms with Crippen molar-refractivity contribution < 1.29 is 0 Å². The summed E-state index contributed by atoms with van der Waals surface area (Å²) in [5.74, 6) is 0. The van der Waals surface area contributed by atoms with E-state index in [1.54, 1.807) is 6.20 Å². The molecule has 2 rings (SSSR count). The predicted molar refractivity (Wildman–Crippen MR) is 79.9 cm³/mol. The van der Waals surface area contributed by atoms with Gasteiger partial charge in [-0.15, -0.1) is 0 Å². The third kappa shape index (κ3) is 2.87. The van der Waals surface area contributed by atoms with Crippen LogP contribution in [0, 0.1) is 6.92 Å². The summed E-state index contributed by atoms with van der Waals surface area (Å²) in [5.41, 5.74) is 10.9. The SMILES string of the molecule is CCc1cnccc1C(N)Cc1c(Br)c(C)nn1C. The van der Waals surface area contributed by atoms with Crippen LogP contribution < -0.4 is 5.73 Å². The number of hydrogen-bond donors (Lipinski definition) is 1. The number of aromatic nitrogens is 3. The van der Waals surface area contributed by atoms with Crippen LogP contribution in [0.3, 0.4) is 0 Å². The van der Waals surface area contributed by atoms with Crippen molar-refractivity contribution in [2.45, 2.75) is 32.7 Å². The van der Waals surface area contributed by atoms with Crippen molar-refractivity contribution in [1.29, 1.82) is 0 Å². The molecule has 19 heavy (non-hydrogen) atoms. The molecule has 0 radical (unpaired) electrons. The van der Waals surface area contributed by atoms with Crippen LogP contribution >= 0.6 is 15.9 Å². The lowest BCUT2D eigenvalue weighted by molar-refractivity contribution is 0.634. The Hall–Kier alpha value is -1.20. The molecule has 2 N–H and O–H groups in total. The van der Waals surface area contributed by atoms with Crippen LogP contribution in [-0.4, -0.2) is 14.8 Å². The highest BCUT2D eigenvalue weighted by Gasteiger charge is 2.17. The van der Waals surface area contributed by atoms with Crippen molar-refractivity contribution in [3.63, 3.8) is 0 Å². The molecule has 0 fully saturated rings. The molecule has 2 aromatic heterocycles. The first-order valence-corrected chi connectivity index (χ1v) is 7.20. The lowest BCUT2D eigenvalue weighted by Gasteiger charge is -2.16. The summed E-state index contributed by atoms with van der Waals surface area (Å²) in [7, 11) is 1.95. The van der Waals surface area contributed by atoms with E-state index in [1.807, 2.05) is 30.9 Å². The van der Waals surface area contributed by atoms with Gasteiger partial charge in [0.1, 0.15) is 0 Å². The first kappa shape index (κ1) is 14.2. The molecular weight excluding hydrogens is 304 g/mol. The Morgan fingerprint density at radius 2 is 2.21 bits per heavy atom. The van der Waals surface area contributed by atoms with E-state index in [-0.39, 0.29) is 6.04 Å². The van der Waals surface area contributed by atoms with Gasteiger partial charge >= 0.3 is 0 Å². The summed E-state index contributed by atoms with van der Waals surface area (Å²) >= 11 is 3.59. The fourth-order valence-corrected chi connectivity index (χ4v) is 2.81. The number of halogens is 1. The van der Waals surface area contributed by atoms with Crippen LogP contribution in [0.5, 0.6) is 0 Å². The molecule has 2 heterocycles. The first-order valence-electron chi connectivity index (χ1n) is 6.40. The van der Waals surface area contributed by atoms with Gasteiger partial charge in [0.25, 0.3) is 0 Å². The molecular formula is C14H19BrN4. The molecule has 5 heteroatoms. The zero-order chi connectivity index (χ0) is 14.0. The molecule has 2 aromatic rings. The second-order valence-electron chi connectivity index (χ2n) is 4.71. The van der Waals surface area contributed by atoms with E-state index in [2.05, 4.69) is 32.9 Å². The van der Waals surface area contributed by atoms with Crippen LogP contribution in [0.4, 0.5) is 0 Å². The molecule has 0 saturated carbocycles. The number of pyridine rings is 1. The maximum absolute atomic E-state index is 6.36. The fourth-order valence-electron chi connectivity index (χ4n) is 2.32. The molecule has 0 spiro atoms. The van der Waals surface area contributed by atoms with Gasteiger partial charge < -0.3 is 5.73 Å². The number of hydrogen-bond acceptors (Lipinski definition) is 3. The van der Waals surface area contributed by atoms with Gasteiger partial charge in [0.2, 0.25) is 0 Å². The molecule has 4 nitrogen and oxygen atoms in total. The average Bonchev–Trinajstić information content (AvgIpc) is 2.65. The van der Waals surface area contributed by atoms with Gasteiger partial charge in [0.05, 0.1) is 15.9 Å². The largest absolute Gasteiger partial charge is 0.324 e. The van der Waals surface area contributed by atoms with E-state index in [0.717, 1.165) is 28.7 Å². The van der Waals surface area contributed by atoms with Crippen LogP contribution in [0.25, 0.3) is 0 Å². The summed E-state index contributed by atoms with van der Waals surface area (Å²) < 4.78 is 2.95. The van der Waals surface area contributed by atoms with Gasteiger partial charge in [-0.25, -0.2) is 0 Å². The lowest BCUT2D eigenvalue weighted by atomic mass is 9.98. The van der Waals surface area contributed by atoms with Crippen molar-refractivity contribution in [3.8, 4) is 0 Å². The third-order valence-electron chi connectivity index (χ3n) is 3.40. The molecule has 0 aliphatic heterocycles. The molecule has 102 valence electrons. The van der Waals surface area contributed by atoms with Crippen molar-refractivity contribution in [1.82, 2.24) is 14.8 Å². The molecule has 1 atom stereocenters. The molecule has 1 unspecified atom stereocenters. The topological polar surface area (TPSA) is 56.7 Å². The summed E-state index contributed by atoms with van der Waals surface area (Å²) in [6.07, 6.45) is 5.41. The highest BCUT2D eigenvalue weighted by Crippen LogP contribution is 2.26. The van der Waals surface area contributed by atoms with E-state index in [0.29, 0.717) is 0 Å². The van der Waals surface area contributed by atoms with Gasteiger partial charge in [0, 0.05) is 31.9 Å². The van der Waals surface area contributed by atoms with Crippen molar-refractivity contribution in [3.05, 3.63) is 45.4 Å². The minimum atomic E-state index is -0.0379. The number of nitrogens with zero attached hydrogens (tertiary/aromatic N) is 3. The van der Waals surface area contributed by atoms with Gasteiger partial charge in [-0.3, -0.25) is 9.67 Å². The van der Waals surface area contributed by atoms with E-state index >= 15 is 0 Å². The summed E-state index contributed by atoms with van der Waals surface area (Å²) in [5, 5.41) is 4.40. The van der Waals surface area contributed by atoms with Crippen LogP contribution in [0.1, 0.15) is 35.5 Å². The molecule has 0 aromatic carbocycles. The van der Waals surface area contributed by atoms with E-state index in [1.165, 1.54) is 11.1 Å². The third-order valence-corrected chi connectivity index (χ3v) is 4.43. The number of rotatable bonds is 4. The molecule has 0 aliphatic carbocycles. The first-order chi connectivity index (χ1) is 9.04. The van der Waals surface area contributed by atoms with Crippen LogP contribution in [0.15, 0.2) is 22.9 Å². The van der Waals surface area contributed by atoms with Gasteiger partial charge in [0.15, 0.2) is 0 Å². The lowest BCUT2D eigenvalue weighted by Crippen LogP contribution is -2.17. The van der Waals surface area contributed by atoms with Gasteiger partial charge in [-0.2, -0.15) is 5.10 Å². The Morgan fingerprint density at radius 1 is 1.47 bits per heavy atom. The second-order valence-corrected chi connectivity index (χ2v) is 5.50. The quantitative estimate of drug-likeness (QED) is 0.941. The van der Waals surface area contributed by atoms with Crippen LogP contribution in [-0.2, 0) is 19.9 Å². The molecule has 0 saturated heterocycles. The Bertz CT molecular complexity index is 577. The Morgan fingerprint density at radius 3 is 2.79 bits per heavy atom. The zero-order valence-electron chi connectivity index (χ0n) is 11.5. The summed E-state index contributed by atoms with van der Waals surface area (Å²) in [6, 6.07) is 1.98. The van der Waals surface area contributed by atoms with E-state index in [9.17, 15) is 0 Å². The summed E-state index contributed by atoms with van der Waals surface area (Å²) in [6.45, 7) is 4.11. The Balaban J connectivity index is 2.28. The van der Waals surface area contributed by atoms with Crippen molar-refractivity contribution in [2.24, 2.45) is 12.8 Å². The van der Waals surface area contributed by atoms with Crippen molar-refractivity contribution >= 4 is 15.9 Å². The summed E-state index contributed by atoms with van der Waals surface area (Å²) in [4.78, 5) is 4.16. The zero-order valence-corrected chi connectivity index (χ0v) is 13.1.